The van der Waals surface area contributed by atoms with Crippen molar-refractivity contribution in [2.75, 3.05) is 27.9 Å². The summed E-state index contributed by atoms with van der Waals surface area (Å²) in [6.45, 7) is 0.578. The lowest BCUT2D eigenvalue weighted by Crippen LogP contribution is -2.06. The van der Waals surface area contributed by atoms with Crippen LogP contribution in [0.1, 0.15) is 36.0 Å². The van der Waals surface area contributed by atoms with E-state index in [1.807, 2.05) is 0 Å². The first-order chi connectivity index (χ1) is 9.17. The molecular formula is C14H21NO4. The predicted octanol–water partition coefficient (Wildman–Crippen LogP) is 1.58. The Bertz CT molecular complexity index is 461. The maximum absolute atomic E-state index is 10.3. The summed E-state index contributed by atoms with van der Waals surface area (Å²) < 4.78 is 16.1. The first-order valence-electron chi connectivity index (χ1n) is 6.38. The molecule has 0 saturated carbocycles. The fourth-order valence-corrected chi connectivity index (χ4v) is 2.90. The summed E-state index contributed by atoms with van der Waals surface area (Å²) in [4.78, 5) is 0. The number of ether oxygens (including phenoxy) is 3. The quantitative estimate of drug-likeness (QED) is 0.847. The van der Waals surface area contributed by atoms with E-state index in [9.17, 15) is 5.11 Å². The maximum Gasteiger partial charge on any atom is 0.167 e. The highest BCUT2D eigenvalue weighted by Gasteiger charge is 2.36. The molecule has 0 radical (unpaired) electrons. The number of hydrogen-bond acceptors (Lipinski definition) is 5. The van der Waals surface area contributed by atoms with Crippen LogP contribution < -0.4 is 19.9 Å². The normalized spacial score (nSPS) is 21.1. The topological polar surface area (TPSA) is 73.9 Å². The highest BCUT2D eigenvalue weighted by molar-refractivity contribution is 5.61. The highest BCUT2D eigenvalue weighted by Crippen LogP contribution is 2.53. The maximum atomic E-state index is 10.3. The van der Waals surface area contributed by atoms with Crippen LogP contribution in [0.3, 0.4) is 0 Å². The van der Waals surface area contributed by atoms with E-state index in [1.165, 1.54) is 0 Å². The molecule has 0 aromatic heterocycles. The molecule has 0 amide bonds. The molecular weight excluding hydrogens is 246 g/mol. The van der Waals surface area contributed by atoms with Gasteiger partial charge >= 0.3 is 0 Å². The number of hydrogen-bond donors (Lipinski definition) is 2. The first-order valence-corrected chi connectivity index (χ1v) is 6.38. The Morgan fingerprint density at radius 1 is 1.16 bits per heavy atom. The van der Waals surface area contributed by atoms with Gasteiger partial charge in [-0.15, -0.1) is 0 Å². The summed E-state index contributed by atoms with van der Waals surface area (Å²) in [7, 11) is 4.77. The minimum atomic E-state index is -0.564. The van der Waals surface area contributed by atoms with Gasteiger partial charge in [0.2, 0.25) is 0 Å². The molecule has 0 spiro atoms. The molecule has 0 heterocycles. The molecule has 0 saturated heterocycles. The summed E-state index contributed by atoms with van der Waals surface area (Å²) in [6, 6.07) is 1.80. The van der Waals surface area contributed by atoms with Crippen LogP contribution in [0.5, 0.6) is 17.2 Å². The average molecular weight is 267 g/mol. The van der Waals surface area contributed by atoms with Crippen LogP contribution >= 0.6 is 0 Å². The summed E-state index contributed by atoms with van der Waals surface area (Å²) in [5, 5.41) is 10.3. The molecule has 2 atom stereocenters. The summed E-state index contributed by atoms with van der Waals surface area (Å²) in [5.74, 6) is 2.09. The first kappa shape index (κ1) is 14.0. The average Bonchev–Trinajstić information content (AvgIpc) is 2.75. The molecule has 3 N–H and O–H groups in total. The van der Waals surface area contributed by atoms with Gasteiger partial charge in [-0.1, -0.05) is 0 Å². The lowest BCUT2D eigenvalue weighted by molar-refractivity contribution is 0.168. The Labute approximate surface area is 113 Å². The number of nitrogens with two attached hydrogens (primary N) is 1. The van der Waals surface area contributed by atoms with Gasteiger partial charge in [-0.25, -0.2) is 0 Å². The van der Waals surface area contributed by atoms with Gasteiger partial charge < -0.3 is 25.1 Å². The molecule has 106 valence electrons. The van der Waals surface area contributed by atoms with Crippen LogP contribution in [-0.2, 0) is 0 Å². The Morgan fingerprint density at radius 3 is 2.37 bits per heavy atom. The SMILES string of the molecule is COc1cc(OC)c2c(c1OC)C(O)CC2CCN. The lowest BCUT2D eigenvalue weighted by Gasteiger charge is -2.18. The van der Waals surface area contributed by atoms with Crippen LogP contribution in [0.2, 0.25) is 0 Å². The Kier molecular flexibility index (Phi) is 4.17. The van der Waals surface area contributed by atoms with Crippen LogP contribution in [-0.4, -0.2) is 33.0 Å². The third kappa shape index (κ3) is 2.24. The van der Waals surface area contributed by atoms with Crippen molar-refractivity contribution in [1.29, 1.82) is 0 Å². The van der Waals surface area contributed by atoms with Gasteiger partial charge in [0.15, 0.2) is 11.5 Å². The molecule has 5 nitrogen and oxygen atoms in total. The second kappa shape index (κ2) is 5.67. The molecule has 19 heavy (non-hydrogen) atoms. The van der Waals surface area contributed by atoms with Gasteiger partial charge in [-0.2, -0.15) is 0 Å². The van der Waals surface area contributed by atoms with Crippen molar-refractivity contribution in [2.45, 2.75) is 24.9 Å². The van der Waals surface area contributed by atoms with Gasteiger partial charge in [0, 0.05) is 17.2 Å². The van der Waals surface area contributed by atoms with E-state index in [0.717, 1.165) is 23.3 Å². The molecule has 0 bridgehead atoms. The zero-order chi connectivity index (χ0) is 14.0. The van der Waals surface area contributed by atoms with Gasteiger partial charge in [0.1, 0.15) is 5.75 Å². The van der Waals surface area contributed by atoms with Gasteiger partial charge in [-0.05, 0) is 25.3 Å². The third-order valence-electron chi connectivity index (χ3n) is 3.69. The highest BCUT2D eigenvalue weighted by atomic mass is 16.5. The Balaban J connectivity index is 2.62. The van der Waals surface area contributed by atoms with Gasteiger partial charge in [0.05, 0.1) is 27.4 Å². The zero-order valence-corrected chi connectivity index (χ0v) is 11.6. The number of aliphatic hydroxyl groups is 1. The van der Waals surface area contributed by atoms with Crippen molar-refractivity contribution >= 4 is 0 Å². The minimum Gasteiger partial charge on any atom is -0.496 e. The minimum absolute atomic E-state index is 0.199. The summed E-state index contributed by atoms with van der Waals surface area (Å²) in [6.07, 6.45) is 0.896. The molecule has 1 aliphatic carbocycles. The van der Waals surface area contributed by atoms with E-state index in [-0.39, 0.29) is 5.92 Å². The van der Waals surface area contributed by atoms with E-state index >= 15 is 0 Å². The molecule has 1 aromatic rings. The Hall–Kier alpha value is -1.46. The second-order valence-electron chi connectivity index (χ2n) is 4.67. The third-order valence-corrected chi connectivity index (χ3v) is 3.69. The van der Waals surface area contributed by atoms with Crippen molar-refractivity contribution in [1.82, 2.24) is 0 Å². The number of aliphatic hydroxyl groups excluding tert-OH is 1. The van der Waals surface area contributed by atoms with E-state index in [4.69, 9.17) is 19.9 Å². The molecule has 1 aromatic carbocycles. The number of benzene rings is 1. The largest absolute Gasteiger partial charge is 0.496 e. The molecule has 2 unspecified atom stereocenters. The van der Waals surface area contributed by atoms with E-state index in [0.29, 0.717) is 24.5 Å². The lowest BCUT2D eigenvalue weighted by atomic mass is 9.96. The monoisotopic (exact) mass is 267 g/mol. The van der Waals surface area contributed by atoms with Crippen LogP contribution in [0.25, 0.3) is 0 Å². The van der Waals surface area contributed by atoms with E-state index in [2.05, 4.69) is 0 Å². The smallest absolute Gasteiger partial charge is 0.167 e. The molecule has 1 aliphatic rings. The van der Waals surface area contributed by atoms with Crippen molar-refractivity contribution in [3.8, 4) is 17.2 Å². The van der Waals surface area contributed by atoms with Crippen LogP contribution in [0.15, 0.2) is 6.07 Å². The summed E-state index contributed by atoms with van der Waals surface area (Å²) >= 11 is 0. The summed E-state index contributed by atoms with van der Waals surface area (Å²) in [5.41, 5.74) is 7.42. The van der Waals surface area contributed by atoms with Crippen LogP contribution in [0.4, 0.5) is 0 Å². The number of methoxy groups -OCH3 is 3. The van der Waals surface area contributed by atoms with Gasteiger partial charge in [0.25, 0.3) is 0 Å². The fraction of sp³-hybridized carbons (Fsp3) is 0.571. The van der Waals surface area contributed by atoms with E-state index in [1.54, 1.807) is 27.4 Å². The molecule has 5 heteroatoms. The predicted molar refractivity (Wildman–Crippen MR) is 72.1 cm³/mol. The fourth-order valence-electron chi connectivity index (χ4n) is 2.90. The van der Waals surface area contributed by atoms with Gasteiger partial charge in [-0.3, -0.25) is 0 Å². The van der Waals surface area contributed by atoms with Crippen molar-refractivity contribution < 1.29 is 19.3 Å². The molecule has 0 fully saturated rings. The van der Waals surface area contributed by atoms with Crippen molar-refractivity contribution in [2.24, 2.45) is 5.73 Å². The van der Waals surface area contributed by atoms with Crippen molar-refractivity contribution in [3.05, 3.63) is 17.2 Å². The standard InChI is InChI=1S/C14H21NO4/c1-17-10-7-11(18-2)14(19-3)13-9(16)6-8(4-5-15)12(10)13/h7-9,16H,4-6,15H2,1-3H3. The molecule has 2 rings (SSSR count). The second-order valence-corrected chi connectivity index (χ2v) is 4.67. The molecule has 0 aliphatic heterocycles. The van der Waals surface area contributed by atoms with Crippen molar-refractivity contribution in [3.63, 3.8) is 0 Å². The van der Waals surface area contributed by atoms with E-state index < -0.39 is 6.10 Å². The Morgan fingerprint density at radius 2 is 1.84 bits per heavy atom. The zero-order valence-electron chi connectivity index (χ0n) is 11.6. The number of fused-ring (bicyclic) bond motifs is 1. The van der Waals surface area contributed by atoms with Crippen LogP contribution in [0, 0.1) is 0 Å². The number of rotatable bonds is 5.